The van der Waals surface area contributed by atoms with Gasteiger partial charge in [-0.2, -0.15) is 0 Å². The molecule has 0 amide bonds. The highest BCUT2D eigenvalue weighted by molar-refractivity contribution is 6.30. The van der Waals surface area contributed by atoms with Crippen LogP contribution in [-0.2, 0) is 13.1 Å². The maximum atomic E-state index is 13.8. The first-order valence-corrected chi connectivity index (χ1v) is 6.15. The number of benzene rings is 1. The molecule has 1 heterocycles. The maximum absolute atomic E-state index is 13.8. The van der Waals surface area contributed by atoms with Crippen LogP contribution in [-0.4, -0.2) is 9.13 Å². The van der Waals surface area contributed by atoms with Gasteiger partial charge in [0.15, 0.2) is 0 Å². The summed E-state index contributed by atoms with van der Waals surface area (Å²) in [5.41, 5.74) is -0.719. The second-order valence-corrected chi connectivity index (χ2v) is 4.43. The molecule has 0 aliphatic heterocycles. The largest absolute Gasteiger partial charge is 0.331 e. The van der Waals surface area contributed by atoms with E-state index in [-0.39, 0.29) is 17.1 Å². The van der Waals surface area contributed by atoms with Gasteiger partial charge < -0.3 is 4.57 Å². The van der Waals surface area contributed by atoms with Gasteiger partial charge in [0.25, 0.3) is 5.56 Å². The highest BCUT2D eigenvalue weighted by Gasteiger charge is 2.10. The fourth-order valence-electron chi connectivity index (χ4n) is 1.78. The molecule has 0 spiro atoms. The molecule has 0 saturated heterocycles. The van der Waals surface area contributed by atoms with Gasteiger partial charge in [-0.3, -0.25) is 9.36 Å². The molecule has 0 fully saturated rings. The Balaban J connectivity index is 2.53. The lowest BCUT2D eigenvalue weighted by molar-refractivity contribution is 0.566. The Labute approximate surface area is 113 Å². The fourth-order valence-corrected chi connectivity index (χ4v) is 1.98. The molecule has 0 aliphatic carbocycles. The predicted octanol–water partition coefficient (Wildman–Crippen LogP) is 1.87. The molecule has 0 bridgehead atoms. The van der Waals surface area contributed by atoms with E-state index in [1.807, 2.05) is 0 Å². The second kappa shape index (κ2) is 5.40. The number of aromatic nitrogens is 2. The quantitative estimate of drug-likeness (QED) is 0.863. The zero-order valence-corrected chi connectivity index (χ0v) is 11.0. The van der Waals surface area contributed by atoms with Crippen molar-refractivity contribution in [2.45, 2.75) is 20.0 Å². The van der Waals surface area contributed by atoms with Crippen LogP contribution in [0, 0.1) is 5.82 Å². The Morgan fingerprint density at radius 2 is 2.00 bits per heavy atom. The summed E-state index contributed by atoms with van der Waals surface area (Å²) in [5.74, 6) is -0.609. The molecule has 2 aromatic rings. The van der Waals surface area contributed by atoms with Gasteiger partial charge >= 0.3 is 5.69 Å². The van der Waals surface area contributed by atoms with Crippen LogP contribution in [0.1, 0.15) is 12.5 Å². The summed E-state index contributed by atoms with van der Waals surface area (Å²) in [6, 6.07) is 5.77. The van der Waals surface area contributed by atoms with Crippen molar-refractivity contribution in [3.05, 3.63) is 67.7 Å². The molecule has 6 heteroatoms. The minimum absolute atomic E-state index is 0.0303. The number of hydrogen-bond acceptors (Lipinski definition) is 2. The van der Waals surface area contributed by atoms with Crippen LogP contribution in [0.2, 0.25) is 5.02 Å². The summed E-state index contributed by atoms with van der Waals surface area (Å²) in [7, 11) is 0. The zero-order chi connectivity index (χ0) is 14.0. The van der Waals surface area contributed by atoms with Crippen molar-refractivity contribution in [3.63, 3.8) is 0 Å². The topological polar surface area (TPSA) is 44.0 Å². The minimum atomic E-state index is -0.609. The lowest BCUT2D eigenvalue weighted by Crippen LogP contribution is -2.39. The highest BCUT2D eigenvalue weighted by atomic mass is 35.5. The lowest BCUT2D eigenvalue weighted by atomic mass is 10.2. The summed E-state index contributed by atoms with van der Waals surface area (Å²) >= 11 is 5.67. The van der Waals surface area contributed by atoms with Gasteiger partial charge in [0.05, 0.1) is 11.6 Å². The SMILES string of the molecule is CCn1ccc(=O)n(Cc2cccc(Cl)c2F)c1=O. The first-order chi connectivity index (χ1) is 9.04. The molecule has 2 rings (SSSR count). The van der Waals surface area contributed by atoms with Crippen molar-refractivity contribution in [2.75, 3.05) is 0 Å². The van der Waals surface area contributed by atoms with Crippen molar-refractivity contribution in [3.8, 4) is 0 Å². The molecule has 1 aromatic carbocycles. The lowest BCUT2D eigenvalue weighted by Gasteiger charge is -2.09. The molecular weight excluding hydrogens is 271 g/mol. The molecule has 19 heavy (non-hydrogen) atoms. The first kappa shape index (κ1) is 13.5. The average molecular weight is 283 g/mol. The Bertz CT molecular complexity index is 721. The molecule has 0 unspecified atom stereocenters. The molecule has 0 radical (unpaired) electrons. The van der Waals surface area contributed by atoms with Gasteiger partial charge in [-0.15, -0.1) is 0 Å². The Hall–Kier alpha value is -1.88. The third-order valence-electron chi connectivity index (χ3n) is 2.84. The number of nitrogens with zero attached hydrogens (tertiary/aromatic N) is 2. The number of rotatable bonds is 3. The average Bonchev–Trinajstić information content (AvgIpc) is 2.39. The van der Waals surface area contributed by atoms with Crippen molar-refractivity contribution in [1.82, 2.24) is 9.13 Å². The summed E-state index contributed by atoms with van der Waals surface area (Å²) < 4.78 is 16.1. The van der Waals surface area contributed by atoms with Gasteiger partial charge in [0.2, 0.25) is 0 Å². The van der Waals surface area contributed by atoms with E-state index in [1.165, 1.54) is 29.0 Å². The molecule has 4 nitrogen and oxygen atoms in total. The molecule has 0 N–H and O–H groups in total. The zero-order valence-electron chi connectivity index (χ0n) is 10.3. The van der Waals surface area contributed by atoms with Gasteiger partial charge in [-0.1, -0.05) is 23.7 Å². The second-order valence-electron chi connectivity index (χ2n) is 4.02. The van der Waals surface area contributed by atoms with Crippen LogP contribution in [0.25, 0.3) is 0 Å². The van der Waals surface area contributed by atoms with E-state index < -0.39 is 17.1 Å². The van der Waals surface area contributed by atoms with Crippen LogP contribution < -0.4 is 11.2 Å². The van der Waals surface area contributed by atoms with Crippen LogP contribution in [0.4, 0.5) is 4.39 Å². The van der Waals surface area contributed by atoms with E-state index in [1.54, 1.807) is 13.0 Å². The standard InChI is InChI=1S/C13H12ClFN2O2/c1-2-16-7-6-11(18)17(13(16)19)8-9-4-3-5-10(14)12(9)15/h3-7H,2,8H2,1H3. The van der Waals surface area contributed by atoms with E-state index in [4.69, 9.17) is 11.6 Å². The Kier molecular flexibility index (Phi) is 3.85. The van der Waals surface area contributed by atoms with E-state index in [9.17, 15) is 14.0 Å². The summed E-state index contributed by atoms with van der Waals surface area (Å²) in [5, 5.41) is -0.0303. The third-order valence-corrected chi connectivity index (χ3v) is 3.13. The highest BCUT2D eigenvalue weighted by Crippen LogP contribution is 2.17. The number of aryl methyl sites for hydroxylation is 1. The van der Waals surface area contributed by atoms with Crippen LogP contribution in [0.15, 0.2) is 40.1 Å². The summed E-state index contributed by atoms with van der Waals surface area (Å²) in [6.07, 6.45) is 1.43. The Morgan fingerprint density at radius 1 is 1.26 bits per heavy atom. The van der Waals surface area contributed by atoms with Gasteiger partial charge in [0.1, 0.15) is 5.82 Å². The van der Waals surface area contributed by atoms with E-state index in [2.05, 4.69) is 0 Å². The van der Waals surface area contributed by atoms with Crippen molar-refractivity contribution in [2.24, 2.45) is 0 Å². The molecule has 0 aliphatic rings. The molecule has 1 aromatic heterocycles. The normalized spacial score (nSPS) is 10.7. The van der Waals surface area contributed by atoms with Crippen molar-refractivity contribution < 1.29 is 4.39 Å². The number of halogens is 2. The Morgan fingerprint density at radius 3 is 2.68 bits per heavy atom. The first-order valence-electron chi connectivity index (χ1n) is 5.77. The fraction of sp³-hybridized carbons (Fsp3) is 0.231. The van der Waals surface area contributed by atoms with Crippen molar-refractivity contribution in [1.29, 1.82) is 0 Å². The summed E-state index contributed by atoms with van der Waals surface area (Å²) in [4.78, 5) is 23.7. The van der Waals surface area contributed by atoms with Crippen LogP contribution >= 0.6 is 11.6 Å². The van der Waals surface area contributed by atoms with Crippen LogP contribution in [0.5, 0.6) is 0 Å². The monoisotopic (exact) mass is 282 g/mol. The van der Waals surface area contributed by atoms with E-state index in [0.29, 0.717) is 6.54 Å². The predicted molar refractivity (Wildman–Crippen MR) is 71.1 cm³/mol. The maximum Gasteiger partial charge on any atom is 0.331 e. The van der Waals surface area contributed by atoms with Gasteiger partial charge in [-0.05, 0) is 13.0 Å². The minimum Gasteiger partial charge on any atom is -0.301 e. The van der Waals surface area contributed by atoms with E-state index >= 15 is 0 Å². The molecule has 0 atom stereocenters. The van der Waals surface area contributed by atoms with Gasteiger partial charge in [-0.25, -0.2) is 9.18 Å². The molecule has 0 saturated carbocycles. The van der Waals surface area contributed by atoms with E-state index in [0.717, 1.165) is 4.57 Å². The molecular formula is C13H12ClFN2O2. The smallest absolute Gasteiger partial charge is 0.301 e. The number of hydrogen-bond donors (Lipinski definition) is 0. The van der Waals surface area contributed by atoms with Gasteiger partial charge in [0, 0.05) is 24.4 Å². The summed E-state index contributed by atoms with van der Waals surface area (Å²) in [6.45, 7) is 2.10. The third kappa shape index (κ3) is 2.61. The molecule has 100 valence electrons. The van der Waals surface area contributed by atoms with Crippen molar-refractivity contribution >= 4 is 11.6 Å². The van der Waals surface area contributed by atoms with Crippen LogP contribution in [0.3, 0.4) is 0 Å².